The summed E-state index contributed by atoms with van der Waals surface area (Å²) < 4.78 is 6.60. The molecule has 0 saturated heterocycles. The Balaban J connectivity index is 2.46. The van der Waals surface area contributed by atoms with E-state index in [1.807, 2.05) is 18.5 Å². The molecule has 5 nitrogen and oxygen atoms in total. The summed E-state index contributed by atoms with van der Waals surface area (Å²) in [6.45, 7) is 3.37. The number of carbonyl (C=O) groups excluding carboxylic acids is 2. The first-order valence-electron chi connectivity index (χ1n) is 6.34. The van der Waals surface area contributed by atoms with Crippen molar-refractivity contribution in [3.63, 3.8) is 0 Å². The molecule has 0 atom stereocenters. The Morgan fingerprint density at radius 1 is 1.24 bits per heavy atom. The molecule has 0 saturated carbocycles. The van der Waals surface area contributed by atoms with Crippen molar-refractivity contribution in [3.8, 4) is 0 Å². The molecule has 2 rings (SSSR count). The van der Waals surface area contributed by atoms with Crippen LogP contribution in [-0.4, -0.2) is 23.4 Å². The van der Waals surface area contributed by atoms with Crippen molar-refractivity contribution in [3.05, 3.63) is 45.2 Å². The highest BCUT2D eigenvalue weighted by molar-refractivity contribution is 7.11. The summed E-state index contributed by atoms with van der Waals surface area (Å²) in [5.74, 6) is -0.339. The zero-order chi connectivity index (χ0) is 15.6. The number of esters is 1. The predicted molar refractivity (Wildman–Crippen MR) is 81.0 cm³/mol. The van der Waals surface area contributed by atoms with Gasteiger partial charge in [0, 0.05) is 18.3 Å². The van der Waals surface area contributed by atoms with Crippen LogP contribution in [0.25, 0.3) is 0 Å². The zero-order valence-electron chi connectivity index (χ0n) is 12.3. The van der Waals surface area contributed by atoms with Gasteiger partial charge in [-0.1, -0.05) is 11.3 Å². The number of rotatable bonds is 3. The van der Waals surface area contributed by atoms with E-state index in [-0.39, 0.29) is 11.8 Å². The third-order valence-corrected chi connectivity index (χ3v) is 4.40. The lowest BCUT2D eigenvalue weighted by Crippen LogP contribution is -2.11. The van der Waals surface area contributed by atoms with Gasteiger partial charge in [-0.25, -0.2) is 9.79 Å². The average Bonchev–Trinajstić information content (AvgIpc) is 2.75. The van der Waals surface area contributed by atoms with E-state index >= 15 is 0 Å². The second-order valence-corrected chi connectivity index (χ2v) is 5.54. The SMILES string of the molecule is COC(=O)c1sc(=Nc2ccc(C(C)=O)cc2)n(C)c1C. The Morgan fingerprint density at radius 3 is 2.38 bits per heavy atom. The third-order valence-electron chi connectivity index (χ3n) is 3.18. The molecule has 110 valence electrons. The lowest BCUT2D eigenvalue weighted by Gasteiger charge is -1.98. The Labute approximate surface area is 126 Å². The maximum atomic E-state index is 11.7. The fourth-order valence-electron chi connectivity index (χ4n) is 1.79. The number of Topliss-reactive ketones (excluding diaryl/α,β-unsaturated/α-hetero) is 1. The first kappa shape index (κ1) is 15.2. The van der Waals surface area contributed by atoms with Gasteiger partial charge in [-0.2, -0.15) is 0 Å². The predicted octanol–water partition coefficient (Wildman–Crippen LogP) is 2.62. The second-order valence-electron chi connectivity index (χ2n) is 4.56. The van der Waals surface area contributed by atoms with Crippen molar-refractivity contribution >= 4 is 28.8 Å². The third kappa shape index (κ3) is 3.11. The minimum absolute atomic E-state index is 0.0204. The van der Waals surface area contributed by atoms with Gasteiger partial charge in [0.15, 0.2) is 10.6 Å². The highest BCUT2D eigenvalue weighted by Gasteiger charge is 2.15. The number of nitrogens with zero attached hydrogens (tertiary/aromatic N) is 2. The first-order chi connectivity index (χ1) is 9.93. The molecular formula is C15H16N2O3S. The molecule has 1 heterocycles. The molecule has 21 heavy (non-hydrogen) atoms. The van der Waals surface area contributed by atoms with Crippen LogP contribution in [0.5, 0.6) is 0 Å². The lowest BCUT2D eigenvalue weighted by molar-refractivity contribution is 0.0604. The van der Waals surface area contributed by atoms with Gasteiger partial charge in [0.25, 0.3) is 0 Å². The van der Waals surface area contributed by atoms with E-state index in [4.69, 9.17) is 4.74 Å². The summed E-state index contributed by atoms with van der Waals surface area (Å²) in [7, 11) is 3.21. The van der Waals surface area contributed by atoms with Crippen molar-refractivity contribution in [1.29, 1.82) is 0 Å². The Kier molecular flexibility index (Phi) is 4.37. The van der Waals surface area contributed by atoms with Gasteiger partial charge >= 0.3 is 5.97 Å². The number of hydrogen-bond acceptors (Lipinski definition) is 5. The van der Waals surface area contributed by atoms with Gasteiger partial charge in [0.2, 0.25) is 0 Å². The number of ketones is 1. The van der Waals surface area contributed by atoms with Crippen molar-refractivity contribution in [1.82, 2.24) is 4.57 Å². The molecule has 0 spiro atoms. The maximum Gasteiger partial charge on any atom is 0.349 e. The van der Waals surface area contributed by atoms with Gasteiger partial charge < -0.3 is 9.30 Å². The number of aromatic nitrogens is 1. The number of carbonyl (C=O) groups is 2. The highest BCUT2D eigenvalue weighted by atomic mass is 32.1. The van der Waals surface area contributed by atoms with Crippen molar-refractivity contribution in [2.75, 3.05) is 7.11 Å². The van der Waals surface area contributed by atoms with Gasteiger partial charge in [0.1, 0.15) is 4.88 Å². The van der Waals surface area contributed by atoms with Crippen molar-refractivity contribution < 1.29 is 14.3 Å². The summed E-state index contributed by atoms with van der Waals surface area (Å²) in [5, 5.41) is 0. The lowest BCUT2D eigenvalue weighted by atomic mass is 10.1. The Bertz CT molecular complexity index is 754. The second kappa shape index (κ2) is 6.05. The Morgan fingerprint density at radius 2 is 1.86 bits per heavy atom. The maximum absolute atomic E-state index is 11.7. The summed E-state index contributed by atoms with van der Waals surface area (Å²) in [6, 6.07) is 7.04. The summed E-state index contributed by atoms with van der Waals surface area (Å²) in [6.07, 6.45) is 0. The van der Waals surface area contributed by atoms with Crippen LogP contribution in [0.15, 0.2) is 29.3 Å². The van der Waals surface area contributed by atoms with E-state index in [1.165, 1.54) is 25.4 Å². The molecule has 0 radical (unpaired) electrons. The van der Waals surface area contributed by atoms with Crippen LogP contribution in [0.2, 0.25) is 0 Å². The van der Waals surface area contributed by atoms with E-state index in [0.29, 0.717) is 15.2 Å². The molecular weight excluding hydrogens is 288 g/mol. The fourth-order valence-corrected chi connectivity index (χ4v) is 2.85. The van der Waals surface area contributed by atoms with E-state index in [2.05, 4.69) is 4.99 Å². The van der Waals surface area contributed by atoms with E-state index < -0.39 is 0 Å². The van der Waals surface area contributed by atoms with Crippen molar-refractivity contribution in [2.24, 2.45) is 12.0 Å². The summed E-state index contributed by atoms with van der Waals surface area (Å²) >= 11 is 1.28. The largest absolute Gasteiger partial charge is 0.465 e. The number of ether oxygens (including phenoxy) is 1. The number of benzene rings is 1. The normalized spacial score (nSPS) is 11.5. The molecule has 2 aromatic rings. The molecule has 0 aliphatic heterocycles. The average molecular weight is 304 g/mol. The zero-order valence-corrected chi connectivity index (χ0v) is 13.2. The molecule has 1 aromatic carbocycles. The van der Waals surface area contributed by atoms with Crippen LogP contribution in [0.4, 0.5) is 5.69 Å². The van der Waals surface area contributed by atoms with Crippen LogP contribution in [0.3, 0.4) is 0 Å². The van der Waals surface area contributed by atoms with Gasteiger partial charge in [0.05, 0.1) is 12.8 Å². The molecule has 0 aliphatic carbocycles. The first-order valence-corrected chi connectivity index (χ1v) is 7.16. The van der Waals surface area contributed by atoms with E-state index in [0.717, 1.165) is 11.4 Å². The minimum atomic E-state index is -0.360. The van der Waals surface area contributed by atoms with Gasteiger partial charge in [-0.05, 0) is 38.1 Å². The minimum Gasteiger partial charge on any atom is -0.465 e. The smallest absolute Gasteiger partial charge is 0.349 e. The van der Waals surface area contributed by atoms with Crippen LogP contribution in [0, 0.1) is 6.92 Å². The molecule has 0 aliphatic rings. The number of methoxy groups -OCH3 is 1. The van der Waals surface area contributed by atoms with E-state index in [1.54, 1.807) is 24.3 Å². The molecule has 0 unspecified atom stereocenters. The molecule has 1 aromatic heterocycles. The highest BCUT2D eigenvalue weighted by Crippen LogP contribution is 2.16. The van der Waals surface area contributed by atoms with Crippen LogP contribution >= 0.6 is 11.3 Å². The quantitative estimate of drug-likeness (QED) is 0.647. The molecule has 0 N–H and O–H groups in total. The van der Waals surface area contributed by atoms with Crippen molar-refractivity contribution in [2.45, 2.75) is 13.8 Å². The molecule has 0 amide bonds. The van der Waals surface area contributed by atoms with Crippen LogP contribution < -0.4 is 4.80 Å². The monoisotopic (exact) mass is 304 g/mol. The topological polar surface area (TPSA) is 60.7 Å². The van der Waals surface area contributed by atoms with Gasteiger partial charge in [-0.15, -0.1) is 0 Å². The number of thiazole rings is 1. The van der Waals surface area contributed by atoms with Gasteiger partial charge in [-0.3, -0.25) is 4.79 Å². The number of hydrogen-bond donors (Lipinski definition) is 0. The standard InChI is InChI=1S/C15H16N2O3S/c1-9-13(14(19)20-4)21-15(17(9)3)16-12-7-5-11(6-8-12)10(2)18/h5-8H,1-4H3. The van der Waals surface area contributed by atoms with Crippen LogP contribution in [0.1, 0.15) is 32.6 Å². The fraction of sp³-hybridized carbons (Fsp3) is 0.267. The molecule has 0 fully saturated rings. The summed E-state index contributed by atoms with van der Waals surface area (Å²) in [5.41, 5.74) is 2.19. The van der Waals surface area contributed by atoms with E-state index in [9.17, 15) is 9.59 Å². The summed E-state index contributed by atoms with van der Waals surface area (Å²) in [4.78, 5) is 28.6. The Hall–Kier alpha value is -2.21. The van der Waals surface area contributed by atoms with Crippen LogP contribution in [-0.2, 0) is 11.8 Å². The molecule has 0 bridgehead atoms. The molecule has 6 heteroatoms.